The van der Waals surface area contributed by atoms with E-state index in [1.54, 1.807) is 7.05 Å². The van der Waals surface area contributed by atoms with Crippen LogP contribution in [0.1, 0.15) is 23.5 Å². The molecular weight excluding hydrogens is 424 g/mol. The first-order chi connectivity index (χ1) is 13.6. The molecule has 1 unspecified atom stereocenters. The third kappa shape index (κ3) is 3.91. The maximum atomic E-state index is 12.0. The van der Waals surface area contributed by atoms with Crippen LogP contribution in [-0.4, -0.2) is 32.3 Å². The molecule has 2 aliphatic heterocycles. The zero-order chi connectivity index (χ0) is 19.5. The summed E-state index contributed by atoms with van der Waals surface area (Å²) in [5.74, 6) is 2.29. The Morgan fingerprint density at radius 1 is 1.29 bits per heavy atom. The van der Waals surface area contributed by atoms with E-state index < -0.39 is 0 Å². The fourth-order valence-electron chi connectivity index (χ4n) is 3.43. The van der Waals surface area contributed by atoms with Gasteiger partial charge in [-0.2, -0.15) is 0 Å². The number of benzene rings is 2. The third-order valence-electron chi connectivity index (χ3n) is 4.79. The van der Waals surface area contributed by atoms with E-state index >= 15 is 0 Å². The van der Waals surface area contributed by atoms with Crippen LogP contribution in [0.4, 0.5) is 5.69 Å². The van der Waals surface area contributed by atoms with E-state index in [-0.39, 0.29) is 18.6 Å². The molecule has 3 N–H and O–H groups in total. The summed E-state index contributed by atoms with van der Waals surface area (Å²) in [7, 11) is 1.73. The molecule has 1 atom stereocenters. The van der Waals surface area contributed by atoms with E-state index in [0.717, 1.165) is 32.8 Å². The molecule has 1 amide bonds. The van der Waals surface area contributed by atoms with E-state index in [1.165, 1.54) is 0 Å². The first kappa shape index (κ1) is 18.6. The summed E-state index contributed by atoms with van der Waals surface area (Å²) in [6, 6.07) is 11.9. The van der Waals surface area contributed by atoms with Gasteiger partial charge >= 0.3 is 0 Å². The van der Waals surface area contributed by atoms with Gasteiger partial charge in [-0.3, -0.25) is 9.79 Å². The normalized spacial score (nSPS) is 17.7. The van der Waals surface area contributed by atoms with Gasteiger partial charge in [0.05, 0.1) is 4.47 Å². The number of carbonyl (C=O) groups is 1. The number of hydrogen-bond acceptors (Lipinski definition) is 4. The number of ether oxygens (including phenoxy) is 2. The number of halogens is 1. The number of carbonyl (C=O) groups excluding carboxylic acids is 1. The molecule has 8 heteroatoms. The van der Waals surface area contributed by atoms with Crippen molar-refractivity contribution in [3.8, 4) is 11.5 Å². The molecule has 0 radical (unpaired) electrons. The van der Waals surface area contributed by atoms with Crippen molar-refractivity contribution < 1.29 is 14.3 Å². The molecule has 0 spiro atoms. The second-order valence-corrected chi connectivity index (χ2v) is 7.51. The lowest BCUT2D eigenvalue weighted by atomic mass is 9.90. The molecule has 0 fully saturated rings. The zero-order valence-corrected chi connectivity index (χ0v) is 17.0. The van der Waals surface area contributed by atoms with Gasteiger partial charge in [0.1, 0.15) is 0 Å². The summed E-state index contributed by atoms with van der Waals surface area (Å²) in [5, 5.41) is 9.55. The van der Waals surface area contributed by atoms with Crippen molar-refractivity contribution in [2.75, 3.05) is 25.7 Å². The average Bonchev–Trinajstić information content (AvgIpc) is 3.17. The SMILES string of the molecule is CN=C(NCc1cc(Br)c2c(c1)OCO2)NCC1CC(=O)Nc2ccccc21. The fraction of sp³-hybridized carbons (Fsp3) is 0.300. The number of guanidine groups is 1. The number of nitrogens with zero attached hydrogens (tertiary/aromatic N) is 1. The monoisotopic (exact) mass is 444 g/mol. The van der Waals surface area contributed by atoms with Crippen LogP contribution in [0.15, 0.2) is 45.9 Å². The second kappa shape index (κ2) is 8.10. The van der Waals surface area contributed by atoms with Gasteiger partial charge in [0, 0.05) is 38.2 Å². The van der Waals surface area contributed by atoms with Gasteiger partial charge < -0.3 is 25.4 Å². The Labute approximate surface area is 171 Å². The van der Waals surface area contributed by atoms with Crippen molar-refractivity contribution in [3.05, 3.63) is 52.0 Å². The van der Waals surface area contributed by atoms with E-state index in [0.29, 0.717) is 25.5 Å². The van der Waals surface area contributed by atoms with Gasteiger partial charge in [-0.1, -0.05) is 18.2 Å². The van der Waals surface area contributed by atoms with Gasteiger partial charge in [0.15, 0.2) is 17.5 Å². The highest BCUT2D eigenvalue weighted by Gasteiger charge is 2.24. The van der Waals surface area contributed by atoms with Crippen LogP contribution in [0.3, 0.4) is 0 Å². The minimum atomic E-state index is 0.0404. The van der Waals surface area contributed by atoms with Crippen molar-refractivity contribution in [1.29, 1.82) is 0 Å². The summed E-state index contributed by atoms with van der Waals surface area (Å²) in [4.78, 5) is 16.3. The maximum absolute atomic E-state index is 12.0. The van der Waals surface area contributed by atoms with Crippen LogP contribution < -0.4 is 25.4 Å². The van der Waals surface area contributed by atoms with E-state index in [4.69, 9.17) is 9.47 Å². The smallest absolute Gasteiger partial charge is 0.231 e. The number of aliphatic imine (C=N–C) groups is 1. The van der Waals surface area contributed by atoms with Crippen LogP contribution in [0.25, 0.3) is 0 Å². The Bertz CT molecular complexity index is 932. The molecule has 2 aliphatic rings. The molecule has 0 saturated heterocycles. The zero-order valence-electron chi connectivity index (χ0n) is 15.4. The van der Waals surface area contributed by atoms with Crippen LogP contribution in [0.5, 0.6) is 11.5 Å². The van der Waals surface area contributed by atoms with Crippen molar-refractivity contribution in [3.63, 3.8) is 0 Å². The Kier molecular flexibility index (Phi) is 5.38. The number of anilines is 1. The minimum absolute atomic E-state index is 0.0404. The molecule has 4 rings (SSSR count). The Morgan fingerprint density at radius 2 is 2.14 bits per heavy atom. The fourth-order valence-corrected chi connectivity index (χ4v) is 4.04. The highest BCUT2D eigenvalue weighted by Crippen LogP contribution is 2.40. The standard InChI is InChI=1S/C20H21BrN4O3/c1-22-20(23-9-12-6-15(21)19-17(7-12)27-11-28-19)24-10-13-8-18(26)25-16-5-3-2-4-14(13)16/h2-7,13H,8-11H2,1H3,(H,25,26)(H2,22,23,24). The molecule has 2 aromatic carbocycles. The van der Waals surface area contributed by atoms with Crippen molar-refractivity contribution in [2.45, 2.75) is 18.9 Å². The van der Waals surface area contributed by atoms with Crippen molar-refractivity contribution in [2.24, 2.45) is 4.99 Å². The topological polar surface area (TPSA) is 84.0 Å². The molecule has 0 bridgehead atoms. The Hall–Kier alpha value is -2.74. The average molecular weight is 445 g/mol. The lowest BCUT2D eigenvalue weighted by Crippen LogP contribution is -2.40. The summed E-state index contributed by atoms with van der Waals surface area (Å²) in [6.07, 6.45) is 0.454. The van der Waals surface area contributed by atoms with Gasteiger partial charge in [-0.25, -0.2) is 0 Å². The number of rotatable bonds is 4. The maximum Gasteiger partial charge on any atom is 0.231 e. The first-order valence-corrected chi connectivity index (χ1v) is 9.84. The molecular formula is C20H21BrN4O3. The van der Waals surface area contributed by atoms with Gasteiger partial charge in [0.25, 0.3) is 0 Å². The predicted octanol–water partition coefficient (Wildman–Crippen LogP) is 2.97. The Morgan fingerprint density at radius 3 is 3.00 bits per heavy atom. The van der Waals surface area contributed by atoms with Crippen molar-refractivity contribution in [1.82, 2.24) is 10.6 Å². The third-order valence-corrected chi connectivity index (χ3v) is 5.38. The molecule has 7 nitrogen and oxygen atoms in total. The lowest BCUT2D eigenvalue weighted by Gasteiger charge is -2.26. The molecule has 2 aromatic rings. The first-order valence-electron chi connectivity index (χ1n) is 9.05. The molecule has 0 aliphatic carbocycles. The molecule has 28 heavy (non-hydrogen) atoms. The quantitative estimate of drug-likeness (QED) is 0.498. The van der Waals surface area contributed by atoms with Crippen molar-refractivity contribution >= 4 is 33.5 Å². The molecule has 0 aromatic heterocycles. The molecule has 2 heterocycles. The summed E-state index contributed by atoms with van der Waals surface area (Å²) >= 11 is 3.51. The number of hydrogen-bond donors (Lipinski definition) is 3. The summed E-state index contributed by atoms with van der Waals surface area (Å²) < 4.78 is 11.7. The minimum Gasteiger partial charge on any atom is -0.454 e. The number of para-hydroxylation sites is 1. The van der Waals surface area contributed by atoms with Gasteiger partial charge in [-0.15, -0.1) is 0 Å². The predicted molar refractivity (Wildman–Crippen MR) is 111 cm³/mol. The largest absolute Gasteiger partial charge is 0.454 e. The Balaban J connectivity index is 1.37. The summed E-state index contributed by atoms with van der Waals surface area (Å²) in [6.45, 7) is 1.44. The molecule has 146 valence electrons. The number of nitrogens with one attached hydrogen (secondary N) is 3. The van der Waals surface area contributed by atoms with Crippen LogP contribution in [0.2, 0.25) is 0 Å². The lowest BCUT2D eigenvalue weighted by molar-refractivity contribution is -0.116. The highest BCUT2D eigenvalue weighted by atomic mass is 79.9. The van der Waals surface area contributed by atoms with E-state index in [9.17, 15) is 4.79 Å². The van der Waals surface area contributed by atoms with E-state index in [1.807, 2.05) is 30.3 Å². The number of fused-ring (bicyclic) bond motifs is 2. The van der Waals surface area contributed by atoms with Gasteiger partial charge in [0.2, 0.25) is 12.7 Å². The highest BCUT2D eigenvalue weighted by molar-refractivity contribution is 9.10. The van der Waals surface area contributed by atoms with Crippen LogP contribution >= 0.6 is 15.9 Å². The number of amides is 1. The van der Waals surface area contributed by atoms with Crippen LogP contribution in [0, 0.1) is 0 Å². The second-order valence-electron chi connectivity index (χ2n) is 6.65. The molecule has 0 saturated carbocycles. The van der Waals surface area contributed by atoms with E-state index in [2.05, 4.69) is 42.9 Å². The van der Waals surface area contributed by atoms with Gasteiger partial charge in [-0.05, 0) is 45.3 Å². The van der Waals surface area contributed by atoms with Crippen LogP contribution in [-0.2, 0) is 11.3 Å². The summed E-state index contributed by atoms with van der Waals surface area (Å²) in [5.41, 5.74) is 3.07.